The number of hydrogen-bond donors (Lipinski definition) is 2. The van der Waals surface area contributed by atoms with Gasteiger partial charge in [0, 0.05) is 53.9 Å². The van der Waals surface area contributed by atoms with Crippen LogP contribution in [0.3, 0.4) is 0 Å². The van der Waals surface area contributed by atoms with Crippen molar-refractivity contribution in [1.82, 2.24) is 29.5 Å². The Labute approximate surface area is 143 Å². The van der Waals surface area contributed by atoms with Crippen LogP contribution in [0.4, 0.5) is 0 Å². The molecule has 25 heavy (non-hydrogen) atoms. The number of aromatic nitrogens is 5. The standard InChI is InChI=1S/C17H20N6O2/c1-9-11(10(2)23-15(19-9)6-17(25)21-23)5-16(24)20-13-4-12(13)14-7-18-8-22(14)3/h6-8,12-13H,4-5H2,1-3H3,(H,20,24)(H,21,25)/t12-,13-/m1/s1. The van der Waals surface area contributed by atoms with E-state index in [0.29, 0.717) is 11.6 Å². The van der Waals surface area contributed by atoms with Crippen molar-refractivity contribution in [1.29, 1.82) is 0 Å². The third kappa shape index (κ3) is 2.73. The van der Waals surface area contributed by atoms with Gasteiger partial charge in [-0.3, -0.25) is 14.7 Å². The lowest BCUT2D eigenvalue weighted by Crippen LogP contribution is -2.29. The molecule has 0 aliphatic heterocycles. The van der Waals surface area contributed by atoms with E-state index in [2.05, 4.69) is 20.4 Å². The molecular formula is C17H20N6O2. The van der Waals surface area contributed by atoms with Gasteiger partial charge in [0.1, 0.15) is 0 Å². The van der Waals surface area contributed by atoms with Crippen LogP contribution in [0.2, 0.25) is 0 Å². The first-order valence-corrected chi connectivity index (χ1v) is 8.27. The molecule has 1 fully saturated rings. The third-order valence-corrected chi connectivity index (χ3v) is 4.91. The van der Waals surface area contributed by atoms with Gasteiger partial charge in [-0.2, -0.15) is 0 Å². The van der Waals surface area contributed by atoms with Crippen LogP contribution in [0.5, 0.6) is 0 Å². The minimum Gasteiger partial charge on any atom is -0.352 e. The van der Waals surface area contributed by atoms with Crippen molar-refractivity contribution in [3.05, 3.63) is 51.6 Å². The second-order valence-corrected chi connectivity index (χ2v) is 6.70. The summed E-state index contributed by atoms with van der Waals surface area (Å²) in [5, 5.41) is 5.80. The summed E-state index contributed by atoms with van der Waals surface area (Å²) in [5.41, 5.74) is 3.96. The number of aryl methyl sites for hydroxylation is 3. The molecule has 3 aromatic heterocycles. The Hall–Kier alpha value is -2.90. The summed E-state index contributed by atoms with van der Waals surface area (Å²) in [7, 11) is 1.96. The first-order valence-electron chi connectivity index (χ1n) is 8.27. The summed E-state index contributed by atoms with van der Waals surface area (Å²) >= 11 is 0. The number of carbonyl (C=O) groups is 1. The predicted molar refractivity (Wildman–Crippen MR) is 91.5 cm³/mol. The SMILES string of the molecule is Cc1nc2cc(=O)[nH]n2c(C)c1CC(=O)N[C@@H]1C[C@H]1c1cncn1C. The van der Waals surface area contributed by atoms with E-state index in [4.69, 9.17) is 0 Å². The Balaban J connectivity index is 1.49. The van der Waals surface area contributed by atoms with E-state index in [1.54, 1.807) is 10.8 Å². The largest absolute Gasteiger partial charge is 0.352 e. The molecule has 0 radical (unpaired) electrons. The van der Waals surface area contributed by atoms with Gasteiger partial charge in [0.25, 0.3) is 5.56 Å². The van der Waals surface area contributed by atoms with E-state index in [-0.39, 0.29) is 23.9 Å². The van der Waals surface area contributed by atoms with Crippen molar-refractivity contribution >= 4 is 11.6 Å². The van der Waals surface area contributed by atoms with E-state index >= 15 is 0 Å². The van der Waals surface area contributed by atoms with Gasteiger partial charge in [0.15, 0.2) is 5.65 Å². The number of nitrogens with one attached hydrogen (secondary N) is 2. The minimum absolute atomic E-state index is 0.0310. The lowest BCUT2D eigenvalue weighted by Gasteiger charge is -2.11. The molecule has 3 heterocycles. The molecule has 1 aliphatic carbocycles. The second kappa shape index (κ2) is 5.58. The minimum atomic E-state index is -0.200. The summed E-state index contributed by atoms with van der Waals surface area (Å²) < 4.78 is 3.62. The zero-order valence-electron chi connectivity index (χ0n) is 14.4. The molecule has 1 saturated carbocycles. The summed E-state index contributed by atoms with van der Waals surface area (Å²) in [6.45, 7) is 3.75. The molecule has 8 heteroatoms. The highest BCUT2D eigenvalue weighted by atomic mass is 16.1. The number of H-pyrrole nitrogens is 1. The Morgan fingerprint density at radius 1 is 1.44 bits per heavy atom. The number of rotatable bonds is 4. The van der Waals surface area contributed by atoms with Crippen LogP contribution >= 0.6 is 0 Å². The van der Waals surface area contributed by atoms with Crippen LogP contribution in [0.15, 0.2) is 23.4 Å². The normalized spacial score (nSPS) is 19.3. The Bertz CT molecular complexity index is 1030. The fourth-order valence-electron chi connectivity index (χ4n) is 3.44. The molecule has 4 rings (SSSR count). The zero-order chi connectivity index (χ0) is 17.7. The molecule has 0 unspecified atom stereocenters. The molecule has 2 N–H and O–H groups in total. The van der Waals surface area contributed by atoms with Gasteiger partial charge in [-0.1, -0.05) is 0 Å². The average Bonchev–Trinajstić information content (AvgIpc) is 2.96. The fraction of sp³-hybridized carbons (Fsp3) is 0.412. The lowest BCUT2D eigenvalue weighted by molar-refractivity contribution is -0.120. The molecular weight excluding hydrogens is 320 g/mol. The van der Waals surface area contributed by atoms with Crippen LogP contribution in [0.1, 0.15) is 35.0 Å². The molecule has 0 aromatic carbocycles. The topological polar surface area (TPSA) is 97.1 Å². The zero-order valence-corrected chi connectivity index (χ0v) is 14.4. The van der Waals surface area contributed by atoms with Gasteiger partial charge in [0.2, 0.25) is 5.91 Å². The quantitative estimate of drug-likeness (QED) is 0.726. The van der Waals surface area contributed by atoms with Crippen molar-refractivity contribution in [2.75, 3.05) is 0 Å². The first-order chi connectivity index (χ1) is 11.9. The average molecular weight is 340 g/mol. The van der Waals surface area contributed by atoms with Gasteiger partial charge in [-0.25, -0.2) is 14.5 Å². The summed E-state index contributed by atoms with van der Waals surface area (Å²) in [4.78, 5) is 32.5. The molecule has 8 nitrogen and oxygen atoms in total. The van der Waals surface area contributed by atoms with E-state index < -0.39 is 0 Å². The fourth-order valence-corrected chi connectivity index (χ4v) is 3.44. The van der Waals surface area contributed by atoms with Crippen molar-refractivity contribution in [3.63, 3.8) is 0 Å². The third-order valence-electron chi connectivity index (χ3n) is 4.91. The van der Waals surface area contributed by atoms with Crippen molar-refractivity contribution < 1.29 is 4.79 Å². The predicted octanol–water partition coefficient (Wildman–Crippen LogP) is 0.588. The molecule has 0 saturated heterocycles. The van der Waals surface area contributed by atoms with Crippen molar-refractivity contribution in [2.24, 2.45) is 7.05 Å². The second-order valence-electron chi connectivity index (χ2n) is 6.70. The highest BCUT2D eigenvalue weighted by Gasteiger charge is 2.41. The summed E-state index contributed by atoms with van der Waals surface area (Å²) in [6, 6.07) is 1.61. The number of carbonyl (C=O) groups excluding carboxylic acids is 1. The molecule has 3 aromatic rings. The van der Waals surface area contributed by atoms with Crippen LogP contribution in [0.25, 0.3) is 5.65 Å². The van der Waals surface area contributed by atoms with Gasteiger partial charge in [0.05, 0.1) is 12.7 Å². The molecule has 0 spiro atoms. The van der Waals surface area contributed by atoms with Gasteiger partial charge in [-0.15, -0.1) is 0 Å². The van der Waals surface area contributed by atoms with E-state index in [9.17, 15) is 9.59 Å². The van der Waals surface area contributed by atoms with Gasteiger partial charge in [-0.05, 0) is 20.3 Å². The van der Waals surface area contributed by atoms with E-state index in [1.165, 1.54) is 6.07 Å². The van der Waals surface area contributed by atoms with Crippen molar-refractivity contribution in [2.45, 2.75) is 38.6 Å². The van der Waals surface area contributed by atoms with Crippen LogP contribution in [-0.4, -0.2) is 36.1 Å². The number of hydrogen-bond acceptors (Lipinski definition) is 4. The maximum atomic E-state index is 12.5. The number of amides is 1. The maximum Gasteiger partial charge on any atom is 0.266 e. The Morgan fingerprint density at radius 2 is 2.24 bits per heavy atom. The molecule has 1 amide bonds. The number of aromatic amines is 1. The molecule has 0 bridgehead atoms. The summed E-state index contributed by atoms with van der Waals surface area (Å²) in [5.74, 6) is 0.302. The maximum absolute atomic E-state index is 12.5. The smallest absolute Gasteiger partial charge is 0.266 e. The Morgan fingerprint density at radius 3 is 2.96 bits per heavy atom. The van der Waals surface area contributed by atoms with Crippen molar-refractivity contribution in [3.8, 4) is 0 Å². The van der Waals surface area contributed by atoms with Crippen LogP contribution in [-0.2, 0) is 18.3 Å². The monoisotopic (exact) mass is 340 g/mol. The number of imidazole rings is 1. The summed E-state index contributed by atoms with van der Waals surface area (Å²) in [6.07, 6.45) is 4.81. The van der Waals surface area contributed by atoms with Gasteiger partial charge < -0.3 is 9.88 Å². The molecule has 2 atom stereocenters. The number of nitrogens with zero attached hydrogens (tertiary/aromatic N) is 4. The highest BCUT2D eigenvalue weighted by Crippen LogP contribution is 2.40. The molecule has 130 valence electrons. The van der Waals surface area contributed by atoms with Crippen LogP contribution in [0, 0.1) is 13.8 Å². The molecule has 1 aliphatic rings. The van der Waals surface area contributed by atoms with Crippen LogP contribution < -0.4 is 10.9 Å². The Kier molecular flexibility index (Phi) is 3.48. The number of fused-ring (bicyclic) bond motifs is 1. The lowest BCUT2D eigenvalue weighted by atomic mass is 10.1. The highest BCUT2D eigenvalue weighted by molar-refractivity contribution is 5.80. The van der Waals surface area contributed by atoms with E-state index in [1.807, 2.05) is 31.7 Å². The van der Waals surface area contributed by atoms with E-state index in [0.717, 1.165) is 29.1 Å². The first kappa shape index (κ1) is 15.6. The van der Waals surface area contributed by atoms with Gasteiger partial charge >= 0.3 is 0 Å².